The highest BCUT2D eigenvalue weighted by atomic mass is 32.2. The van der Waals surface area contributed by atoms with Crippen LogP contribution in [0.4, 0.5) is 5.95 Å². The third-order valence-corrected chi connectivity index (χ3v) is 3.55. The Morgan fingerprint density at radius 3 is 3.10 bits per heavy atom. The van der Waals surface area contributed by atoms with E-state index in [0.717, 1.165) is 18.4 Å². The SMILES string of the molecule is CCCNc1nc(Sc2nccc(=O)[nH]2)c2cn[nH]c2n1. The first kappa shape index (κ1) is 13.6. The highest BCUT2D eigenvalue weighted by molar-refractivity contribution is 7.99. The third-order valence-electron chi connectivity index (χ3n) is 2.65. The number of hydrogen-bond acceptors (Lipinski definition) is 7. The summed E-state index contributed by atoms with van der Waals surface area (Å²) in [6.07, 6.45) is 4.09. The lowest BCUT2D eigenvalue weighted by Crippen LogP contribution is -2.07. The Balaban J connectivity index is 1.99. The fourth-order valence-electron chi connectivity index (χ4n) is 1.70. The lowest BCUT2D eigenvalue weighted by molar-refractivity contribution is 0.925. The number of nitrogens with one attached hydrogen (secondary N) is 3. The van der Waals surface area contributed by atoms with E-state index in [2.05, 4.69) is 42.4 Å². The largest absolute Gasteiger partial charge is 0.354 e. The van der Waals surface area contributed by atoms with Crippen molar-refractivity contribution >= 4 is 28.7 Å². The summed E-state index contributed by atoms with van der Waals surface area (Å²) in [5.74, 6) is 0.523. The molecule has 0 spiro atoms. The topological polar surface area (TPSA) is 112 Å². The van der Waals surface area contributed by atoms with Crippen LogP contribution in [0.3, 0.4) is 0 Å². The molecule has 0 saturated heterocycles. The van der Waals surface area contributed by atoms with Gasteiger partial charge in [-0.1, -0.05) is 6.92 Å². The van der Waals surface area contributed by atoms with Crippen molar-refractivity contribution in [3.8, 4) is 0 Å². The maximum Gasteiger partial charge on any atom is 0.251 e. The maximum atomic E-state index is 11.3. The number of nitrogens with zero attached hydrogens (tertiary/aromatic N) is 4. The van der Waals surface area contributed by atoms with Gasteiger partial charge in [-0.25, -0.2) is 9.97 Å². The normalized spacial score (nSPS) is 10.9. The van der Waals surface area contributed by atoms with Crippen LogP contribution in [-0.4, -0.2) is 36.7 Å². The van der Waals surface area contributed by atoms with Crippen LogP contribution in [0.1, 0.15) is 13.3 Å². The van der Waals surface area contributed by atoms with E-state index in [-0.39, 0.29) is 5.56 Å². The number of anilines is 1. The Bertz CT molecular complexity index is 812. The molecule has 0 aliphatic heterocycles. The van der Waals surface area contributed by atoms with Gasteiger partial charge in [0.25, 0.3) is 5.56 Å². The van der Waals surface area contributed by atoms with Gasteiger partial charge in [0.2, 0.25) is 5.95 Å². The standard InChI is InChI=1S/C12H13N7OS/c1-2-4-13-11-17-9-7(6-15-19-9)10(18-11)21-12-14-5-3-8(20)16-12/h3,5-6H,2,4H2,1H3,(H,14,16,20)(H2,13,15,17,18,19). The molecule has 0 amide bonds. The zero-order valence-corrected chi connectivity index (χ0v) is 12.1. The minimum Gasteiger partial charge on any atom is -0.354 e. The summed E-state index contributed by atoms with van der Waals surface area (Å²) >= 11 is 1.27. The molecule has 0 unspecified atom stereocenters. The minimum absolute atomic E-state index is 0.200. The Kier molecular flexibility index (Phi) is 3.82. The molecule has 9 heteroatoms. The van der Waals surface area contributed by atoms with E-state index < -0.39 is 0 Å². The van der Waals surface area contributed by atoms with Gasteiger partial charge in [-0.15, -0.1) is 0 Å². The van der Waals surface area contributed by atoms with Gasteiger partial charge in [0, 0.05) is 18.8 Å². The van der Waals surface area contributed by atoms with Gasteiger partial charge in [0.15, 0.2) is 10.8 Å². The van der Waals surface area contributed by atoms with Crippen molar-refractivity contribution in [2.24, 2.45) is 0 Å². The second kappa shape index (κ2) is 5.92. The number of aromatic nitrogens is 6. The number of rotatable bonds is 5. The van der Waals surface area contributed by atoms with Crippen molar-refractivity contribution in [3.63, 3.8) is 0 Å². The second-order valence-electron chi connectivity index (χ2n) is 4.25. The zero-order valence-electron chi connectivity index (χ0n) is 11.3. The Labute approximate surface area is 123 Å². The highest BCUT2D eigenvalue weighted by Crippen LogP contribution is 2.28. The Hall–Kier alpha value is -2.42. The second-order valence-corrected chi connectivity index (χ2v) is 5.23. The van der Waals surface area contributed by atoms with Crippen molar-refractivity contribution in [2.45, 2.75) is 23.5 Å². The molecule has 3 aromatic heterocycles. The molecule has 3 heterocycles. The predicted octanol–water partition coefficient (Wildman–Crippen LogP) is 1.41. The fraction of sp³-hybridized carbons (Fsp3) is 0.250. The van der Waals surface area contributed by atoms with Crippen LogP contribution >= 0.6 is 11.8 Å². The lowest BCUT2D eigenvalue weighted by atomic mass is 10.4. The van der Waals surface area contributed by atoms with Gasteiger partial charge in [-0.05, 0) is 18.2 Å². The number of hydrogen-bond donors (Lipinski definition) is 3. The van der Waals surface area contributed by atoms with Crippen LogP contribution in [0.25, 0.3) is 11.0 Å². The summed E-state index contributed by atoms with van der Waals surface area (Å²) in [5.41, 5.74) is 0.443. The van der Waals surface area contributed by atoms with Crippen LogP contribution in [0, 0.1) is 0 Å². The molecule has 0 aromatic carbocycles. The minimum atomic E-state index is -0.200. The molecule has 0 aliphatic carbocycles. The summed E-state index contributed by atoms with van der Waals surface area (Å²) in [4.78, 5) is 26.9. The monoisotopic (exact) mass is 303 g/mol. The first-order chi connectivity index (χ1) is 10.3. The van der Waals surface area contributed by atoms with Crippen LogP contribution in [-0.2, 0) is 0 Å². The molecular weight excluding hydrogens is 290 g/mol. The van der Waals surface area contributed by atoms with Gasteiger partial charge in [0.05, 0.1) is 11.6 Å². The summed E-state index contributed by atoms with van der Waals surface area (Å²) < 4.78 is 0. The first-order valence-electron chi connectivity index (χ1n) is 6.44. The molecule has 0 aliphatic rings. The van der Waals surface area contributed by atoms with Crippen LogP contribution < -0.4 is 10.9 Å². The van der Waals surface area contributed by atoms with E-state index in [0.29, 0.717) is 21.8 Å². The quantitative estimate of drug-likeness (QED) is 0.482. The number of aromatic amines is 2. The molecule has 3 N–H and O–H groups in total. The van der Waals surface area contributed by atoms with Crippen molar-refractivity contribution in [1.82, 2.24) is 30.1 Å². The highest BCUT2D eigenvalue weighted by Gasteiger charge is 2.11. The molecule has 108 valence electrons. The predicted molar refractivity (Wildman–Crippen MR) is 79.4 cm³/mol. The van der Waals surface area contributed by atoms with Crippen LogP contribution in [0.2, 0.25) is 0 Å². The number of H-pyrrole nitrogens is 2. The molecule has 0 radical (unpaired) electrons. The van der Waals surface area contributed by atoms with Gasteiger partial charge in [0.1, 0.15) is 5.03 Å². The summed E-state index contributed by atoms with van der Waals surface area (Å²) in [5, 5.41) is 11.9. The number of fused-ring (bicyclic) bond motifs is 1. The van der Waals surface area contributed by atoms with E-state index in [1.54, 1.807) is 6.20 Å². The van der Waals surface area contributed by atoms with Gasteiger partial charge < -0.3 is 10.3 Å². The van der Waals surface area contributed by atoms with Gasteiger partial charge >= 0.3 is 0 Å². The van der Waals surface area contributed by atoms with Crippen molar-refractivity contribution in [1.29, 1.82) is 0 Å². The maximum absolute atomic E-state index is 11.3. The van der Waals surface area contributed by atoms with Gasteiger partial charge in [-0.2, -0.15) is 10.1 Å². The van der Waals surface area contributed by atoms with E-state index in [9.17, 15) is 4.79 Å². The molecule has 0 saturated carbocycles. The smallest absolute Gasteiger partial charge is 0.251 e. The molecule has 3 aromatic rings. The van der Waals surface area contributed by atoms with Crippen LogP contribution in [0.5, 0.6) is 0 Å². The average Bonchev–Trinajstić information content (AvgIpc) is 2.94. The molecular formula is C12H13N7OS. The van der Waals surface area contributed by atoms with E-state index >= 15 is 0 Å². The van der Waals surface area contributed by atoms with E-state index in [1.165, 1.54) is 24.0 Å². The fourth-order valence-corrected chi connectivity index (χ4v) is 2.54. The van der Waals surface area contributed by atoms with Crippen molar-refractivity contribution in [3.05, 3.63) is 28.8 Å². The zero-order chi connectivity index (χ0) is 14.7. The van der Waals surface area contributed by atoms with Gasteiger partial charge in [-0.3, -0.25) is 9.89 Å². The summed E-state index contributed by atoms with van der Waals surface area (Å²) in [6, 6.07) is 1.37. The molecule has 21 heavy (non-hydrogen) atoms. The molecule has 0 bridgehead atoms. The summed E-state index contributed by atoms with van der Waals surface area (Å²) in [7, 11) is 0. The summed E-state index contributed by atoms with van der Waals surface area (Å²) in [6.45, 7) is 2.85. The molecule has 0 fully saturated rings. The first-order valence-corrected chi connectivity index (χ1v) is 7.26. The third kappa shape index (κ3) is 3.02. The van der Waals surface area contributed by atoms with Crippen molar-refractivity contribution in [2.75, 3.05) is 11.9 Å². The van der Waals surface area contributed by atoms with Crippen molar-refractivity contribution < 1.29 is 0 Å². The average molecular weight is 303 g/mol. The van der Waals surface area contributed by atoms with Crippen LogP contribution in [0.15, 0.2) is 33.4 Å². The molecule has 3 rings (SSSR count). The van der Waals surface area contributed by atoms with E-state index in [1.807, 2.05) is 0 Å². The molecule has 0 atom stereocenters. The lowest BCUT2D eigenvalue weighted by Gasteiger charge is -2.06. The molecule has 8 nitrogen and oxygen atoms in total. The Morgan fingerprint density at radius 2 is 2.29 bits per heavy atom. The van der Waals surface area contributed by atoms with E-state index in [4.69, 9.17) is 0 Å². The Morgan fingerprint density at radius 1 is 1.38 bits per heavy atom.